The van der Waals surface area contributed by atoms with E-state index in [1.54, 1.807) is 6.08 Å². The van der Waals surface area contributed by atoms with Crippen LogP contribution in [0, 0.1) is 17.3 Å². The Balaban J connectivity index is 2.78. The Morgan fingerprint density at radius 1 is 1.35 bits per heavy atom. The Labute approximate surface area is 119 Å². The van der Waals surface area contributed by atoms with Gasteiger partial charge in [-0.15, -0.1) is 0 Å². The van der Waals surface area contributed by atoms with Gasteiger partial charge in [-0.2, -0.15) is 0 Å². The summed E-state index contributed by atoms with van der Waals surface area (Å²) in [7, 11) is 2.50. The zero-order valence-corrected chi connectivity index (χ0v) is 12.6. The predicted molar refractivity (Wildman–Crippen MR) is 73.8 cm³/mol. The summed E-state index contributed by atoms with van der Waals surface area (Å²) in [5.74, 6) is -1.83. The maximum atomic E-state index is 11.7. The molecule has 0 heterocycles. The highest BCUT2D eigenvalue weighted by molar-refractivity contribution is 5.94. The van der Waals surface area contributed by atoms with Gasteiger partial charge in [0.2, 0.25) is 0 Å². The number of hydrogen-bond donors (Lipinski definition) is 1. The summed E-state index contributed by atoms with van der Waals surface area (Å²) >= 11 is 0. The fraction of sp³-hybridized carbons (Fsp3) is 0.733. The molecule has 5 nitrogen and oxygen atoms in total. The maximum Gasteiger partial charge on any atom is 0.320 e. The minimum absolute atomic E-state index is 0.276. The summed E-state index contributed by atoms with van der Waals surface area (Å²) in [6.07, 6.45) is 4.93. The van der Waals surface area contributed by atoms with E-state index < -0.39 is 24.0 Å². The average molecular weight is 284 g/mol. The van der Waals surface area contributed by atoms with E-state index in [1.165, 1.54) is 14.2 Å². The van der Waals surface area contributed by atoms with Gasteiger partial charge in [-0.1, -0.05) is 26.0 Å². The minimum Gasteiger partial charge on any atom is -0.468 e. The lowest BCUT2D eigenvalue weighted by Gasteiger charge is -2.41. The number of ether oxygens (including phenoxy) is 2. The Morgan fingerprint density at radius 3 is 2.35 bits per heavy atom. The first kappa shape index (κ1) is 16.7. The van der Waals surface area contributed by atoms with E-state index in [1.807, 2.05) is 13.0 Å². The Morgan fingerprint density at radius 2 is 1.90 bits per heavy atom. The molecule has 0 amide bonds. The molecular formula is C15H24O5. The molecule has 0 unspecified atom stereocenters. The topological polar surface area (TPSA) is 72.8 Å². The van der Waals surface area contributed by atoms with Gasteiger partial charge in [0.05, 0.1) is 20.3 Å². The molecular weight excluding hydrogens is 260 g/mol. The first-order chi connectivity index (χ1) is 9.36. The van der Waals surface area contributed by atoms with Gasteiger partial charge in [0, 0.05) is 0 Å². The summed E-state index contributed by atoms with van der Waals surface area (Å²) in [6, 6.07) is 0. The van der Waals surface area contributed by atoms with Gasteiger partial charge in [-0.05, 0) is 30.6 Å². The molecule has 0 bridgehead atoms. The SMILES string of the molecule is COC(=O)C(CC[C@]1(C)[C@H](O)C=CC[C@H]1C)C(=O)OC. The molecule has 114 valence electrons. The van der Waals surface area contributed by atoms with Crippen LogP contribution in [0.4, 0.5) is 0 Å². The molecule has 0 aliphatic heterocycles. The molecule has 0 saturated heterocycles. The summed E-state index contributed by atoms with van der Waals surface area (Å²) in [5.41, 5.74) is -0.352. The molecule has 0 spiro atoms. The highest BCUT2D eigenvalue weighted by Gasteiger charge is 2.40. The van der Waals surface area contributed by atoms with Crippen LogP contribution in [0.1, 0.15) is 33.1 Å². The molecule has 0 aromatic rings. The van der Waals surface area contributed by atoms with E-state index in [2.05, 4.69) is 16.4 Å². The van der Waals surface area contributed by atoms with Crippen molar-refractivity contribution >= 4 is 11.9 Å². The van der Waals surface area contributed by atoms with E-state index in [0.717, 1.165) is 6.42 Å². The highest BCUT2D eigenvalue weighted by atomic mass is 16.5. The molecule has 0 aromatic heterocycles. The molecule has 0 fully saturated rings. The largest absolute Gasteiger partial charge is 0.468 e. The molecule has 1 aliphatic carbocycles. The van der Waals surface area contributed by atoms with Crippen LogP contribution < -0.4 is 0 Å². The third-order valence-electron chi connectivity index (χ3n) is 4.55. The second-order valence-electron chi connectivity index (χ2n) is 5.65. The fourth-order valence-electron chi connectivity index (χ4n) is 2.66. The number of aliphatic hydroxyl groups excluding tert-OH is 1. The fourth-order valence-corrected chi connectivity index (χ4v) is 2.66. The van der Waals surface area contributed by atoms with Crippen molar-refractivity contribution in [1.82, 2.24) is 0 Å². The number of allylic oxidation sites excluding steroid dienone is 1. The Hall–Kier alpha value is -1.36. The van der Waals surface area contributed by atoms with Gasteiger partial charge in [-0.25, -0.2) is 0 Å². The maximum absolute atomic E-state index is 11.7. The summed E-state index contributed by atoms with van der Waals surface area (Å²) < 4.78 is 9.29. The van der Waals surface area contributed by atoms with Crippen LogP contribution in [-0.2, 0) is 19.1 Å². The van der Waals surface area contributed by atoms with Gasteiger partial charge >= 0.3 is 11.9 Å². The normalized spacial score (nSPS) is 29.3. The van der Waals surface area contributed by atoms with Gasteiger partial charge in [-0.3, -0.25) is 9.59 Å². The van der Waals surface area contributed by atoms with E-state index in [0.29, 0.717) is 12.8 Å². The first-order valence-corrected chi connectivity index (χ1v) is 6.87. The van der Waals surface area contributed by atoms with Crippen LogP contribution in [0.25, 0.3) is 0 Å². The lowest BCUT2D eigenvalue weighted by atomic mass is 9.66. The van der Waals surface area contributed by atoms with Crippen molar-refractivity contribution < 1.29 is 24.2 Å². The van der Waals surface area contributed by atoms with Crippen LogP contribution in [0.15, 0.2) is 12.2 Å². The van der Waals surface area contributed by atoms with E-state index in [-0.39, 0.29) is 11.3 Å². The number of aliphatic hydroxyl groups is 1. The number of carbonyl (C=O) groups excluding carboxylic acids is 2. The number of rotatable bonds is 5. The summed E-state index contributed by atoms with van der Waals surface area (Å²) in [5, 5.41) is 10.2. The van der Waals surface area contributed by atoms with Gasteiger partial charge in [0.1, 0.15) is 0 Å². The van der Waals surface area contributed by atoms with Crippen LogP contribution in [-0.4, -0.2) is 37.4 Å². The van der Waals surface area contributed by atoms with Gasteiger partial charge < -0.3 is 14.6 Å². The molecule has 1 rings (SSSR count). The predicted octanol–water partition coefficient (Wildman–Crippen LogP) is 1.69. The van der Waals surface area contributed by atoms with E-state index >= 15 is 0 Å². The van der Waals surface area contributed by atoms with Crippen molar-refractivity contribution in [3.63, 3.8) is 0 Å². The smallest absolute Gasteiger partial charge is 0.320 e. The molecule has 0 radical (unpaired) electrons. The first-order valence-electron chi connectivity index (χ1n) is 6.87. The third-order valence-corrected chi connectivity index (χ3v) is 4.55. The molecule has 5 heteroatoms. The molecule has 20 heavy (non-hydrogen) atoms. The third kappa shape index (κ3) is 3.39. The van der Waals surface area contributed by atoms with Crippen molar-refractivity contribution in [3.05, 3.63) is 12.2 Å². The molecule has 0 aromatic carbocycles. The minimum atomic E-state index is -0.924. The molecule has 0 saturated carbocycles. The Bertz CT molecular complexity index is 374. The second kappa shape index (κ2) is 6.88. The molecule has 1 N–H and O–H groups in total. The standard InChI is InChI=1S/C15H24O5/c1-10-6-5-7-12(16)15(10,2)9-8-11(13(17)19-3)14(18)20-4/h5,7,10-12,16H,6,8-9H2,1-4H3/t10-,12-,15+/m1/s1. The van der Waals surface area contributed by atoms with E-state index in [9.17, 15) is 14.7 Å². The van der Waals surface area contributed by atoms with Crippen LogP contribution >= 0.6 is 0 Å². The second-order valence-corrected chi connectivity index (χ2v) is 5.65. The van der Waals surface area contributed by atoms with Crippen LogP contribution in [0.2, 0.25) is 0 Å². The van der Waals surface area contributed by atoms with Crippen molar-refractivity contribution in [2.75, 3.05) is 14.2 Å². The van der Waals surface area contributed by atoms with Crippen LogP contribution in [0.5, 0.6) is 0 Å². The average Bonchev–Trinajstić information content (AvgIpc) is 2.44. The number of carbonyl (C=O) groups is 2. The number of methoxy groups -OCH3 is 2. The van der Waals surface area contributed by atoms with Crippen molar-refractivity contribution in [2.24, 2.45) is 17.3 Å². The van der Waals surface area contributed by atoms with Gasteiger partial charge in [0.15, 0.2) is 5.92 Å². The highest BCUT2D eigenvalue weighted by Crippen LogP contribution is 2.42. The van der Waals surface area contributed by atoms with E-state index in [4.69, 9.17) is 0 Å². The van der Waals surface area contributed by atoms with Crippen LogP contribution in [0.3, 0.4) is 0 Å². The monoisotopic (exact) mass is 284 g/mol. The van der Waals surface area contributed by atoms with Crippen molar-refractivity contribution in [3.8, 4) is 0 Å². The zero-order chi connectivity index (χ0) is 15.3. The quantitative estimate of drug-likeness (QED) is 0.472. The lowest BCUT2D eigenvalue weighted by molar-refractivity contribution is -0.159. The van der Waals surface area contributed by atoms with Gasteiger partial charge in [0.25, 0.3) is 0 Å². The van der Waals surface area contributed by atoms with Crippen molar-refractivity contribution in [2.45, 2.75) is 39.2 Å². The lowest BCUT2D eigenvalue weighted by Crippen LogP contribution is -2.40. The Kier molecular flexibility index (Phi) is 5.74. The number of hydrogen-bond acceptors (Lipinski definition) is 5. The molecule has 1 aliphatic rings. The summed E-state index contributed by atoms with van der Waals surface area (Å²) in [6.45, 7) is 4.05. The summed E-state index contributed by atoms with van der Waals surface area (Å²) in [4.78, 5) is 23.3. The number of esters is 2. The zero-order valence-electron chi connectivity index (χ0n) is 12.6. The van der Waals surface area contributed by atoms with Crippen molar-refractivity contribution in [1.29, 1.82) is 0 Å². The molecule has 3 atom stereocenters.